The number of aliphatic hydroxyl groups excluding tert-OH is 1. The van der Waals surface area contributed by atoms with Crippen LogP contribution < -0.4 is 0 Å². The highest BCUT2D eigenvalue weighted by atomic mass is 31.2. The van der Waals surface area contributed by atoms with E-state index in [1.165, 1.54) is 141 Å². The Morgan fingerprint density at radius 2 is 0.539 bits per heavy atom. The van der Waals surface area contributed by atoms with Crippen LogP contribution >= 0.6 is 15.6 Å². The van der Waals surface area contributed by atoms with Gasteiger partial charge in [0.25, 0.3) is 0 Å². The van der Waals surface area contributed by atoms with E-state index in [9.17, 15) is 43.2 Å². The smallest absolute Gasteiger partial charge is 0.462 e. The molecule has 0 fully saturated rings. The average Bonchev–Trinajstić information content (AvgIpc) is 3.69. The summed E-state index contributed by atoms with van der Waals surface area (Å²) in [6.45, 7) is 14.1. The summed E-state index contributed by atoms with van der Waals surface area (Å²) in [5.41, 5.74) is 0. The molecule has 89 heavy (non-hydrogen) atoms. The highest BCUT2D eigenvalue weighted by molar-refractivity contribution is 7.47. The largest absolute Gasteiger partial charge is 0.472 e. The molecule has 4 unspecified atom stereocenters. The zero-order chi connectivity index (χ0) is 66.1. The summed E-state index contributed by atoms with van der Waals surface area (Å²) < 4.78 is 68.3. The Morgan fingerprint density at radius 3 is 0.798 bits per heavy atom. The zero-order valence-corrected chi connectivity index (χ0v) is 59.8. The van der Waals surface area contributed by atoms with Crippen LogP contribution in [0.1, 0.15) is 344 Å². The molecule has 0 spiro atoms. The standard InChI is InChI=1S/C70H136O17P2/c1-9-62(7)48-40-32-23-17-14-15-19-27-37-45-53-70(75)87-66(57-81-68(73)51-43-35-29-28-31-39-47-61(5)6)59-85-89(78,79)83-55-64(71)54-82-88(76,77)84-58-65(56-80-67(72)50-42-34-25-21-20-24-33-41-49-63(8)10-2)86-69(74)52-44-36-26-18-13-11-12-16-22-30-38-46-60(3)4/h60-66,71H,9-59H2,1-8H3,(H,76,77)(H,78,79)/t62?,63?,64-,65-,66-/m1/s1. The summed E-state index contributed by atoms with van der Waals surface area (Å²) in [6, 6.07) is 0. The van der Waals surface area contributed by atoms with Gasteiger partial charge in [-0.1, -0.05) is 293 Å². The van der Waals surface area contributed by atoms with Crippen molar-refractivity contribution in [1.82, 2.24) is 0 Å². The second-order valence-corrected chi connectivity index (χ2v) is 29.6. The van der Waals surface area contributed by atoms with Crippen LogP contribution in [0, 0.1) is 23.7 Å². The molecule has 0 saturated carbocycles. The highest BCUT2D eigenvalue weighted by Crippen LogP contribution is 2.45. The van der Waals surface area contributed by atoms with E-state index < -0.39 is 97.5 Å². The monoisotopic (exact) mass is 1310 g/mol. The van der Waals surface area contributed by atoms with Gasteiger partial charge in [0.05, 0.1) is 26.4 Å². The zero-order valence-electron chi connectivity index (χ0n) is 58.1. The third-order valence-corrected chi connectivity index (χ3v) is 18.7. The van der Waals surface area contributed by atoms with E-state index in [-0.39, 0.29) is 25.7 Å². The molecule has 0 rings (SSSR count). The van der Waals surface area contributed by atoms with E-state index in [4.69, 9.17) is 37.0 Å². The first-order valence-electron chi connectivity index (χ1n) is 36.3. The van der Waals surface area contributed by atoms with Crippen molar-refractivity contribution in [3.63, 3.8) is 0 Å². The molecule has 0 aromatic heterocycles. The summed E-state index contributed by atoms with van der Waals surface area (Å²) in [5.74, 6) is 0.894. The van der Waals surface area contributed by atoms with Crippen molar-refractivity contribution >= 4 is 39.5 Å². The normalized spacial score (nSPS) is 14.9. The van der Waals surface area contributed by atoms with Crippen molar-refractivity contribution in [3.05, 3.63) is 0 Å². The summed E-state index contributed by atoms with van der Waals surface area (Å²) in [6.07, 6.45) is 41.6. The summed E-state index contributed by atoms with van der Waals surface area (Å²) in [4.78, 5) is 72.5. The van der Waals surface area contributed by atoms with Gasteiger partial charge in [-0.05, 0) is 49.4 Å². The number of rotatable bonds is 67. The number of unbranched alkanes of at least 4 members (excludes halogenated alkanes) is 31. The van der Waals surface area contributed by atoms with Gasteiger partial charge >= 0.3 is 39.5 Å². The van der Waals surface area contributed by atoms with E-state index in [2.05, 4.69) is 55.4 Å². The fourth-order valence-electron chi connectivity index (χ4n) is 10.4. The van der Waals surface area contributed by atoms with Crippen LogP contribution in [0.25, 0.3) is 0 Å². The van der Waals surface area contributed by atoms with E-state index in [1.54, 1.807) is 0 Å². The van der Waals surface area contributed by atoms with Gasteiger partial charge in [0.1, 0.15) is 19.3 Å². The molecular weight excluding hydrogens is 1170 g/mol. The van der Waals surface area contributed by atoms with Crippen LogP contribution in [0.2, 0.25) is 0 Å². The Morgan fingerprint density at radius 1 is 0.315 bits per heavy atom. The first-order valence-corrected chi connectivity index (χ1v) is 39.3. The van der Waals surface area contributed by atoms with Crippen molar-refractivity contribution in [2.45, 2.75) is 363 Å². The number of phosphoric acid groups is 2. The van der Waals surface area contributed by atoms with Crippen LogP contribution in [0.3, 0.4) is 0 Å². The number of carbonyl (C=O) groups excluding carboxylic acids is 4. The first-order chi connectivity index (χ1) is 42.7. The van der Waals surface area contributed by atoms with Crippen LogP contribution in [-0.4, -0.2) is 96.7 Å². The molecule has 528 valence electrons. The highest BCUT2D eigenvalue weighted by Gasteiger charge is 2.30. The van der Waals surface area contributed by atoms with Gasteiger partial charge in [-0.15, -0.1) is 0 Å². The van der Waals surface area contributed by atoms with Crippen molar-refractivity contribution in [3.8, 4) is 0 Å². The second-order valence-electron chi connectivity index (χ2n) is 26.7. The third kappa shape index (κ3) is 62.0. The molecule has 0 aromatic rings. The van der Waals surface area contributed by atoms with Gasteiger partial charge in [0.2, 0.25) is 0 Å². The minimum absolute atomic E-state index is 0.105. The Kier molecular flexibility index (Phi) is 58.5. The molecule has 0 aliphatic heterocycles. The number of phosphoric ester groups is 2. The SMILES string of the molecule is CCC(C)CCCCCCCCCCCCC(=O)O[C@H](COC(=O)CCCCCCCCC(C)C)COP(=O)(O)OC[C@H](O)COP(=O)(O)OC[C@@H](COC(=O)CCCCCCCCCCC(C)CC)OC(=O)CCCCCCCCCCCCCC(C)C. The predicted octanol–water partition coefficient (Wildman–Crippen LogP) is 19.7. The van der Waals surface area contributed by atoms with E-state index in [1.807, 2.05) is 0 Å². The minimum atomic E-state index is -4.95. The van der Waals surface area contributed by atoms with Gasteiger partial charge in [0, 0.05) is 25.7 Å². The number of esters is 4. The first kappa shape index (κ1) is 87.1. The van der Waals surface area contributed by atoms with Crippen molar-refractivity contribution in [2.24, 2.45) is 23.7 Å². The molecule has 7 atom stereocenters. The Bertz CT molecular complexity index is 1770. The van der Waals surface area contributed by atoms with Crippen LogP contribution in [0.15, 0.2) is 0 Å². The maximum atomic E-state index is 13.0. The summed E-state index contributed by atoms with van der Waals surface area (Å²) in [5, 5.41) is 10.6. The summed E-state index contributed by atoms with van der Waals surface area (Å²) in [7, 11) is -9.90. The maximum Gasteiger partial charge on any atom is 0.472 e. The Labute approximate surface area is 543 Å². The quantitative estimate of drug-likeness (QED) is 0.0222. The molecule has 0 bridgehead atoms. The number of hydrogen-bond donors (Lipinski definition) is 3. The molecule has 0 amide bonds. The van der Waals surface area contributed by atoms with Gasteiger partial charge < -0.3 is 33.8 Å². The fraction of sp³-hybridized carbons (Fsp3) is 0.943. The van der Waals surface area contributed by atoms with Crippen LogP contribution in [0.5, 0.6) is 0 Å². The lowest BCUT2D eigenvalue weighted by Gasteiger charge is -2.21. The van der Waals surface area contributed by atoms with Gasteiger partial charge in [0.15, 0.2) is 12.2 Å². The van der Waals surface area contributed by atoms with E-state index in [0.29, 0.717) is 31.6 Å². The molecule has 3 N–H and O–H groups in total. The van der Waals surface area contributed by atoms with E-state index >= 15 is 0 Å². The average molecular weight is 1310 g/mol. The van der Waals surface area contributed by atoms with Crippen molar-refractivity contribution in [1.29, 1.82) is 0 Å². The number of carbonyl (C=O) groups is 4. The lowest BCUT2D eigenvalue weighted by Crippen LogP contribution is -2.30. The predicted molar refractivity (Wildman–Crippen MR) is 358 cm³/mol. The van der Waals surface area contributed by atoms with Gasteiger partial charge in [-0.25, -0.2) is 9.13 Å². The van der Waals surface area contributed by atoms with E-state index in [0.717, 1.165) is 114 Å². The molecular formula is C70H136O17P2. The minimum Gasteiger partial charge on any atom is -0.462 e. The summed E-state index contributed by atoms with van der Waals surface area (Å²) >= 11 is 0. The second kappa shape index (κ2) is 59.8. The molecule has 0 aliphatic rings. The van der Waals surface area contributed by atoms with Crippen LogP contribution in [0.4, 0.5) is 0 Å². The molecule has 19 heteroatoms. The number of hydrogen-bond acceptors (Lipinski definition) is 15. The number of ether oxygens (including phenoxy) is 4. The third-order valence-electron chi connectivity index (χ3n) is 16.8. The molecule has 0 heterocycles. The fourth-order valence-corrected chi connectivity index (χ4v) is 12.0. The Balaban J connectivity index is 5.26. The molecule has 17 nitrogen and oxygen atoms in total. The van der Waals surface area contributed by atoms with Crippen molar-refractivity contribution in [2.75, 3.05) is 39.6 Å². The molecule has 0 saturated heterocycles. The maximum absolute atomic E-state index is 13.0. The molecule has 0 aliphatic carbocycles. The van der Waals surface area contributed by atoms with Crippen LogP contribution in [-0.2, 0) is 65.4 Å². The van der Waals surface area contributed by atoms with Crippen molar-refractivity contribution < 1.29 is 80.2 Å². The molecule has 0 aromatic carbocycles. The number of aliphatic hydroxyl groups is 1. The molecule has 0 radical (unpaired) electrons. The van der Waals surface area contributed by atoms with Gasteiger partial charge in [-0.2, -0.15) is 0 Å². The lowest BCUT2D eigenvalue weighted by atomic mass is 9.99. The lowest BCUT2D eigenvalue weighted by molar-refractivity contribution is -0.161. The van der Waals surface area contributed by atoms with Gasteiger partial charge in [-0.3, -0.25) is 37.3 Å². The topological polar surface area (TPSA) is 237 Å². The Hall–Kier alpha value is -1.94.